The summed E-state index contributed by atoms with van der Waals surface area (Å²) >= 11 is 0. The van der Waals surface area contributed by atoms with E-state index in [0.717, 1.165) is 5.56 Å². The van der Waals surface area contributed by atoms with Crippen molar-refractivity contribution in [3.63, 3.8) is 0 Å². The Morgan fingerprint density at radius 2 is 1.85 bits per heavy atom. The summed E-state index contributed by atoms with van der Waals surface area (Å²) in [5.41, 5.74) is 1.52. The second kappa shape index (κ2) is 11.8. The van der Waals surface area contributed by atoms with Crippen LogP contribution >= 0.6 is 0 Å². The maximum atomic E-state index is 13.2. The molecule has 1 aromatic carbocycles. The number of carbonyl (C=O) groups is 3. The van der Waals surface area contributed by atoms with Crippen molar-refractivity contribution >= 4 is 35.0 Å². The fourth-order valence-corrected chi connectivity index (χ4v) is 4.41. The van der Waals surface area contributed by atoms with E-state index in [1.807, 2.05) is 55.7 Å². The zero-order chi connectivity index (χ0) is 28.2. The number of carbonyl (C=O) groups excluding carboxylic acids is 3. The molecule has 1 aliphatic rings. The molecular formula is C28H36N6O5. The van der Waals surface area contributed by atoms with E-state index in [0.29, 0.717) is 42.8 Å². The molecule has 3 aromatic rings. The Morgan fingerprint density at radius 1 is 1.10 bits per heavy atom. The lowest BCUT2D eigenvalue weighted by Gasteiger charge is -2.33. The number of hydrogen-bond acceptors (Lipinski definition) is 8. The van der Waals surface area contributed by atoms with Crippen LogP contribution in [0.15, 0.2) is 43.0 Å². The van der Waals surface area contributed by atoms with Crippen LogP contribution in [0.4, 0.5) is 10.6 Å². The summed E-state index contributed by atoms with van der Waals surface area (Å²) in [7, 11) is 0. The van der Waals surface area contributed by atoms with E-state index in [2.05, 4.69) is 20.3 Å². The Hall–Kier alpha value is -4.02. The molecular weight excluding hydrogens is 500 g/mol. The van der Waals surface area contributed by atoms with Crippen molar-refractivity contribution < 1.29 is 23.9 Å². The average molecular weight is 537 g/mol. The van der Waals surface area contributed by atoms with E-state index in [1.165, 1.54) is 11.2 Å². The van der Waals surface area contributed by atoms with Gasteiger partial charge >= 0.3 is 12.1 Å². The number of imidazole rings is 1. The highest BCUT2D eigenvalue weighted by molar-refractivity contribution is 5.97. The van der Waals surface area contributed by atoms with Crippen molar-refractivity contribution in [1.29, 1.82) is 0 Å². The third-order valence-electron chi connectivity index (χ3n) is 6.54. The summed E-state index contributed by atoms with van der Waals surface area (Å²) in [6.07, 6.45) is 3.58. The molecule has 2 amide bonds. The van der Waals surface area contributed by atoms with E-state index in [-0.39, 0.29) is 18.4 Å². The molecule has 2 aromatic heterocycles. The fourth-order valence-electron chi connectivity index (χ4n) is 4.41. The van der Waals surface area contributed by atoms with Gasteiger partial charge in [0.1, 0.15) is 19.0 Å². The molecule has 39 heavy (non-hydrogen) atoms. The Morgan fingerprint density at radius 3 is 2.54 bits per heavy atom. The highest BCUT2D eigenvalue weighted by Crippen LogP contribution is 2.35. The first-order chi connectivity index (χ1) is 18.6. The van der Waals surface area contributed by atoms with E-state index < -0.39 is 29.7 Å². The van der Waals surface area contributed by atoms with Crippen LogP contribution in [-0.2, 0) is 32.2 Å². The molecule has 4 rings (SSSR count). The molecule has 0 aliphatic carbocycles. The van der Waals surface area contributed by atoms with Crippen molar-refractivity contribution in [3.8, 4) is 0 Å². The van der Waals surface area contributed by atoms with Gasteiger partial charge in [0.05, 0.1) is 6.33 Å². The van der Waals surface area contributed by atoms with Crippen LogP contribution in [0.3, 0.4) is 0 Å². The predicted molar refractivity (Wildman–Crippen MR) is 144 cm³/mol. The molecule has 3 heterocycles. The number of unbranched alkanes of at least 4 members (excludes halogenated alkanes) is 1. The van der Waals surface area contributed by atoms with Crippen LogP contribution in [0.5, 0.6) is 0 Å². The molecule has 1 N–H and O–H groups in total. The molecule has 208 valence electrons. The monoisotopic (exact) mass is 536 g/mol. The van der Waals surface area contributed by atoms with Crippen LogP contribution < -0.4 is 5.32 Å². The zero-order valence-corrected chi connectivity index (χ0v) is 23.1. The van der Waals surface area contributed by atoms with Crippen LogP contribution in [0.1, 0.15) is 59.4 Å². The Kier molecular flexibility index (Phi) is 8.47. The number of nitrogens with one attached hydrogen (secondary N) is 1. The number of nitrogens with zero attached hydrogens (tertiary/aromatic N) is 5. The van der Waals surface area contributed by atoms with Gasteiger partial charge in [0.2, 0.25) is 5.91 Å². The fraction of sp³-hybridized carbons (Fsp3) is 0.500. The minimum Gasteiger partial charge on any atom is -0.444 e. The molecule has 0 unspecified atom stereocenters. The number of esters is 1. The first-order valence-electron chi connectivity index (χ1n) is 13.2. The summed E-state index contributed by atoms with van der Waals surface area (Å²) in [6.45, 7) is 10.1. The van der Waals surface area contributed by atoms with Gasteiger partial charge in [0.15, 0.2) is 23.2 Å². The average Bonchev–Trinajstić information content (AvgIpc) is 3.47. The number of aromatic nitrogens is 4. The Labute approximate surface area is 227 Å². The van der Waals surface area contributed by atoms with Gasteiger partial charge in [-0.3, -0.25) is 9.69 Å². The largest absolute Gasteiger partial charge is 0.444 e. The van der Waals surface area contributed by atoms with Crippen molar-refractivity contribution in [2.45, 2.75) is 79.3 Å². The van der Waals surface area contributed by atoms with Crippen molar-refractivity contribution in [1.82, 2.24) is 24.4 Å². The number of anilines is 1. The number of fused-ring (bicyclic) bond motifs is 1. The summed E-state index contributed by atoms with van der Waals surface area (Å²) in [6, 6.07) is 8.69. The summed E-state index contributed by atoms with van der Waals surface area (Å²) in [5, 5.41) is 2.79. The first kappa shape index (κ1) is 28.0. The smallest absolute Gasteiger partial charge is 0.413 e. The lowest BCUT2D eigenvalue weighted by atomic mass is 9.93. The van der Waals surface area contributed by atoms with Gasteiger partial charge in [0.25, 0.3) is 0 Å². The zero-order valence-electron chi connectivity index (χ0n) is 23.1. The topological polar surface area (TPSA) is 129 Å². The Balaban J connectivity index is 1.39. The number of rotatable bonds is 9. The number of benzene rings is 1. The Bertz CT molecular complexity index is 1320. The highest BCUT2D eigenvalue weighted by atomic mass is 16.6. The van der Waals surface area contributed by atoms with Gasteiger partial charge in [-0.05, 0) is 24.8 Å². The minimum atomic E-state index is -0.725. The van der Waals surface area contributed by atoms with Gasteiger partial charge < -0.3 is 19.4 Å². The normalized spacial score (nSPS) is 17.5. The molecule has 0 radical (unpaired) electrons. The summed E-state index contributed by atoms with van der Waals surface area (Å²) in [5.74, 6) is -0.372. The third kappa shape index (κ3) is 6.52. The first-order valence-corrected chi connectivity index (χ1v) is 13.2. The SMILES string of the molecule is CC(C)C(=O)Nc1ncnc2c1ncn2CCCC[C@H]1C(=O)O[C@@H](C(C)(C)C)N1C(=O)OCc1ccccc1. The second-order valence-corrected chi connectivity index (χ2v) is 11.1. The van der Waals surface area contributed by atoms with Gasteiger partial charge in [-0.15, -0.1) is 0 Å². The number of ether oxygens (including phenoxy) is 2. The lowest BCUT2D eigenvalue weighted by Crippen LogP contribution is -2.48. The van der Waals surface area contributed by atoms with E-state index in [1.54, 1.807) is 20.2 Å². The minimum absolute atomic E-state index is 0.114. The molecule has 11 heteroatoms. The maximum absolute atomic E-state index is 13.2. The summed E-state index contributed by atoms with van der Waals surface area (Å²) < 4.78 is 13.1. The molecule has 2 atom stereocenters. The van der Waals surface area contributed by atoms with Crippen molar-refractivity contribution in [2.75, 3.05) is 5.32 Å². The maximum Gasteiger partial charge on any atom is 0.413 e. The number of aryl methyl sites for hydroxylation is 1. The van der Waals surface area contributed by atoms with Crippen molar-refractivity contribution in [3.05, 3.63) is 48.5 Å². The molecule has 1 fully saturated rings. The third-order valence-corrected chi connectivity index (χ3v) is 6.54. The molecule has 0 spiro atoms. The van der Waals surface area contributed by atoms with E-state index in [4.69, 9.17) is 9.47 Å². The highest BCUT2D eigenvalue weighted by Gasteiger charge is 2.50. The number of amides is 2. The number of hydrogen-bond donors (Lipinski definition) is 1. The second-order valence-electron chi connectivity index (χ2n) is 11.1. The van der Waals surface area contributed by atoms with Gasteiger partial charge in [-0.25, -0.2) is 24.5 Å². The molecule has 11 nitrogen and oxygen atoms in total. The number of cyclic esters (lactones) is 1. The van der Waals surface area contributed by atoms with E-state index >= 15 is 0 Å². The van der Waals surface area contributed by atoms with Crippen molar-refractivity contribution in [2.24, 2.45) is 11.3 Å². The molecule has 1 saturated heterocycles. The van der Waals surface area contributed by atoms with Crippen LogP contribution in [-0.4, -0.2) is 54.7 Å². The van der Waals surface area contributed by atoms with Crippen LogP contribution in [0.25, 0.3) is 11.2 Å². The quantitative estimate of drug-likeness (QED) is 0.312. The summed E-state index contributed by atoms with van der Waals surface area (Å²) in [4.78, 5) is 52.5. The molecule has 0 saturated carbocycles. The predicted octanol–water partition coefficient (Wildman–Crippen LogP) is 4.53. The van der Waals surface area contributed by atoms with Gasteiger partial charge in [-0.2, -0.15) is 0 Å². The molecule has 0 bridgehead atoms. The van der Waals surface area contributed by atoms with E-state index in [9.17, 15) is 14.4 Å². The van der Waals surface area contributed by atoms with Crippen LogP contribution in [0.2, 0.25) is 0 Å². The lowest BCUT2D eigenvalue weighted by molar-refractivity contribution is -0.147. The van der Waals surface area contributed by atoms with Crippen LogP contribution in [0, 0.1) is 11.3 Å². The molecule has 1 aliphatic heterocycles. The van der Waals surface area contributed by atoms with Gasteiger partial charge in [-0.1, -0.05) is 65.0 Å². The standard InChI is InChI=1S/C28H36N6O5/c1-18(2)24(35)32-22-21-23(30-16-29-22)33(17-31-21)14-10-9-13-20-25(36)39-26(28(3,4)5)34(20)27(37)38-15-19-11-7-6-8-12-19/h6-8,11-12,16-18,20,26H,9-10,13-15H2,1-5H3,(H,29,30,32,35)/t20-,26-/m0/s1. The van der Waals surface area contributed by atoms with Gasteiger partial charge in [0, 0.05) is 17.9 Å².